The molecule has 0 spiro atoms. The van der Waals surface area contributed by atoms with Crippen LogP contribution in [0.3, 0.4) is 0 Å². The lowest BCUT2D eigenvalue weighted by atomic mass is 10.1. The zero-order chi connectivity index (χ0) is 21.1. The number of thiocarbonyl (C=S) groups is 1. The number of nitrogens with one attached hydrogen (secondary N) is 1. The predicted octanol–water partition coefficient (Wildman–Crippen LogP) is 4.37. The van der Waals surface area contributed by atoms with E-state index in [0.717, 1.165) is 41.2 Å². The van der Waals surface area contributed by atoms with Gasteiger partial charge in [0.05, 0.1) is 17.9 Å². The van der Waals surface area contributed by atoms with E-state index in [0.29, 0.717) is 23.8 Å². The summed E-state index contributed by atoms with van der Waals surface area (Å²) in [7, 11) is 3.91. The molecule has 0 atom stereocenters. The summed E-state index contributed by atoms with van der Waals surface area (Å²) in [4.78, 5) is 16.0. The van der Waals surface area contributed by atoms with Crippen molar-refractivity contribution in [2.24, 2.45) is 7.05 Å². The van der Waals surface area contributed by atoms with Crippen LogP contribution in [0.1, 0.15) is 63.9 Å². The SMILES string of the molecule is CCOC(=O)c1c(NC(=S)N(C)Cc2c(C)nn(C)c2C)sc2c1CCCCC2. The molecule has 1 N–H and O–H groups in total. The molecule has 6 nitrogen and oxygen atoms in total. The minimum atomic E-state index is -0.251. The van der Waals surface area contributed by atoms with Crippen molar-refractivity contribution in [3.8, 4) is 0 Å². The molecule has 0 aliphatic heterocycles. The van der Waals surface area contributed by atoms with Crippen LogP contribution in [-0.4, -0.2) is 39.4 Å². The Hall–Kier alpha value is -1.93. The summed E-state index contributed by atoms with van der Waals surface area (Å²) >= 11 is 7.32. The van der Waals surface area contributed by atoms with E-state index in [1.54, 1.807) is 11.3 Å². The molecule has 0 bridgehead atoms. The molecule has 0 radical (unpaired) electrons. The van der Waals surface area contributed by atoms with Crippen molar-refractivity contribution in [3.63, 3.8) is 0 Å². The third-order valence-corrected chi connectivity index (χ3v) is 7.14. The lowest BCUT2D eigenvalue weighted by Crippen LogP contribution is -2.31. The highest BCUT2D eigenvalue weighted by Crippen LogP contribution is 2.38. The molecule has 29 heavy (non-hydrogen) atoms. The third kappa shape index (κ3) is 4.64. The first-order valence-electron chi connectivity index (χ1n) is 10.2. The lowest BCUT2D eigenvalue weighted by Gasteiger charge is -2.21. The van der Waals surface area contributed by atoms with Crippen molar-refractivity contribution >= 4 is 39.6 Å². The van der Waals surface area contributed by atoms with Gasteiger partial charge >= 0.3 is 5.97 Å². The highest BCUT2D eigenvalue weighted by atomic mass is 32.1. The molecule has 0 saturated carbocycles. The molecule has 1 aliphatic rings. The number of carbonyl (C=O) groups is 1. The first kappa shape index (κ1) is 21.8. The standard InChI is InChI=1S/C21H30N4O2S2/c1-6-27-20(26)18-15-10-8-7-9-11-17(15)29-19(18)22-21(28)24(4)12-16-13(2)23-25(5)14(16)3/h6-12H2,1-5H3,(H,22,28). The number of aryl methyl sites for hydroxylation is 3. The predicted molar refractivity (Wildman–Crippen MR) is 122 cm³/mol. The monoisotopic (exact) mass is 434 g/mol. The Balaban J connectivity index is 1.83. The zero-order valence-corrected chi connectivity index (χ0v) is 19.6. The van der Waals surface area contributed by atoms with E-state index >= 15 is 0 Å². The van der Waals surface area contributed by atoms with Crippen LogP contribution in [0, 0.1) is 13.8 Å². The molecule has 1 aliphatic carbocycles. The van der Waals surface area contributed by atoms with Crippen LogP contribution < -0.4 is 5.32 Å². The van der Waals surface area contributed by atoms with Gasteiger partial charge in [-0.2, -0.15) is 5.10 Å². The Morgan fingerprint density at radius 1 is 1.31 bits per heavy atom. The van der Waals surface area contributed by atoms with Crippen molar-refractivity contribution < 1.29 is 9.53 Å². The maximum absolute atomic E-state index is 12.7. The number of esters is 1. The third-order valence-electron chi connectivity index (χ3n) is 5.52. The van der Waals surface area contributed by atoms with Gasteiger partial charge in [0.15, 0.2) is 5.11 Å². The minimum Gasteiger partial charge on any atom is -0.462 e. The van der Waals surface area contributed by atoms with Gasteiger partial charge in [-0.25, -0.2) is 4.79 Å². The molecule has 2 aromatic rings. The second-order valence-electron chi connectivity index (χ2n) is 7.55. The second kappa shape index (κ2) is 9.26. The summed E-state index contributed by atoms with van der Waals surface area (Å²) in [6, 6.07) is 0. The highest BCUT2D eigenvalue weighted by Gasteiger charge is 2.26. The van der Waals surface area contributed by atoms with Crippen LogP contribution in [0.4, 0.5) is 5.00 Å². The largest absolute Gasteiger partial charge is 0.462 e. The summed E-state index contributed by atoms with van der Waals surface area (Å²) in [6.07, 6.45) is 5.43. The Morgan fingerprint density at radius 3 is 2.69 bits per heavy atom. The van der Waals surface area contributed by atoms with Gasteiger partial charge < -0.3 is 15.0 Å². The Kier molecular flexibility index (Phi) is 6.95. The highest BCUT2D eigenvalue weighted by molar-refractivity contribution is 7.80. The van der Waals surface area contributed by atoms with Crippen LogP contribution in [0.15, 0.2) is 0 Å². The maximum Gasteiger partial charge on any atom is 0.341 e. The summed E-state index contributed by atoms with van der Waals surface area (Å²) in [5.41, 5.74) is 5.14. The Morgan fingerprint density at radius 2 is 2.03 bits per heavy atom. The zero-order valence-electron chi connectivity index (χ0n) is 17.9. The summed E-state index contributed by atoms with van der Waals surface area (Å²) in [6.45, 7) is 6.95. The van der Waals surface area contributed by atoms with Crippen LogP contribution in [-0.2, 0) is 31.2 Å². The minimum absolute atomic E-state index is 0.251. The van der Waals surface area contributed by atoms with Crippen molar-refractivity contribution in [1.29, 1.82) is 0 Å². The van der Waals surface area contributed by atoms with Gasteiger partial charge in [0, 0.05) is 36.8 Å². The van der Waals surface area contributed by atoms with Gasteiger partial charge in [-0.1, -0.05) is 6.42 Å². The van der Waals surface area contributed by atoms with E-state index in [1.165, 1.54) is 23.3 Å². The number of hydrogen-bond acceptors (Lipinski definition) is 5. The number of thiophene rings is 1. The van der Waals surface area contributed by atoms with E-state index in [-0.39, 0.29) is 5.97 Å². The number of rotatable bonds is 5. The average Bonchev–Trinajstić information content (AvgIpc) is 3.00. The molecule has 0 unspecified atom stereocenters. The van der Waals surface area contributed by atoms with Crippen LogP contribution >= 0.6 is 23.6 Å². The van der Waals surface area contributed by atoms with E-state index in [4.69, 9.17) is 17.0 Å². The van der Waals surface area contributed by atoms with Crippen molar-refractivity contribution in [1.82, 2.24) is 14.7 Å². The molecule has 8 heteroatoms. The number of ether oxygens (including phenoxy) is 1. The maximum atomic E-state index is 12.7. The van der Waals surface area contributed by atoms with Gasteiger partial charge in [0.25, 0.3) is 0 Å². The molecule has 2 aromatic heterocycles. The van der Waals surface area contributed by atoms with Crippen LogP contribution in [0.5, 0.6) is 0 Å². The fourth-order valence-corrected chi connectivity index (χ4v) is 5.31. The Bertz CT molecular complexity index is 916. The van der Waals surface area contributed by atoms with Gasteiger partial charge in [0.1, 0.15) is 5.00 Å². The van der Waals surface area contributed by atoms with Gasteiger partial charge in [0.2, 0.25) is 0 Å². The fraction of sp³-hybridized carbons (Fsp3) is 0.571. The molecule has 158 valence electrons. The summed E-state index contributed by atoms with van der Waals surface area (Å²) in [5, 5.41) is 9.23. The van der Waals surface area contributed by atoms with E-state index < -0.39 is 0 Å². The summed E-state index contributed by atoms with van der Waals surface area (Å²) < 4.78 is 7.26. The number of nitrogens with zero attached hydrogens (tertiary/aromatic N) is 3. The molecule has 0 aromatic carbocycles. The second-order valence-corrected chi connectivity index (χ2v) is 9.04. The molecule has 3 rings (SSSR count). The number of carbonyl (C=O) groups excluding carboxylic acids is 1. The molecule has 0 saturated heterocycles. The van der Waals surface area contributed by atoms with Crippen molar-refractivity contribution in [3.05, 3.63) is 33.0 Å². The van der Waals surface area contributed by atoms with Crippen molar-refractivity contribution in [2.45, 2.75) is 59.4 Å². The van der Waals surface area contributed by atoms with Gasteiger partial charge in [-0.3, -0.25) is 4.68 Å². The molecule has 0 amide bonds. The average molecular weight is 435 g/mol. The van der Waals surface area contributed by atoms with Crippen LogP contribution in [0.25, 0.3) is 0 Å². The first-order valence-corrected chi connectivity index (χ1v) is 11.4. The Labute approximate surface area is 182 Å². The van der Waals surface area contributed by atoms with E-state index in [1.807, 2.05) is 37.5 Å². The topological polar surface area (TPSA) is 59.4 Å². The van der Waals surface area contributed by atoms with Crippen molar-refractivity contribution in [2.75, 3.05) is 19.0 Å². The number of hydrogen-bond donors (Lipinski definition) is 1. The fourth-order valence-electron chi connectivity index (χ4n) is 3.80. The molecular formula is C21H30N4O2S2. The summed E-state index contributed by atoms with van der Waals surface area (Å²) in [5.74, 6) is -0.251. The number of fused-ring (bicyclic) bond motifs is 1. The number of anilines is 1. The molecule has 0 fully saturated rings. The van der Waals surface area contributed by atoms with E-state index in [2.05, 4.69) is 17.3 Å². The molecule has 2 heterocycles. The van der Waals surface area contributed by atoms with Crippen LogP contribution in [0.2, 0.25) is 0 Å². The van der Waals surface area contributed by atoms with Gasteiger partial charge in [-0.05, 0) is 64.2 Å². The lowest BCUT2D eigenvalue weighted by molar-refractivity contribution is 0.0527. The molecular weight excluding hydrogens is 404 g/mol. The normalized spacial score (nSPS) is 13.6. The first-order chi connectivity index (χ1) is 13.8. The van der Waals surface area contributed by atoms with E-state index in [9.17, 15) is 4.79 Å². The van der Waals surface area contributed by atoms with Gasteiger partial charge in [-0.15, -0.1) is 11.3 Å². The smallest absolute Gasteiger partial charge is 0.341 e. The number of aromatic nitrogens is 2. The quantitative estimate of drug-likeness (QED) is 0.428.